The Bertz CT molecular complexity index is 925. The van der Waals surface area contributed by atoms with Crippen LogP contribution in [0.4, 0.5) is 5.69 Å². The van der Waals surface area contributed by atoms with Gasteiger partial charge in [0.15, 0.2) is 0 Å². The van der Waals surface area contributed by atoms with Crippen LogP contribution in [0.3, 0.4) is 0 Å². The lowest BCUT2D eigenvalue weighted by atomic mass is 10.0. The number of benzene rings is 2. The van der Waals surface area contributed by atoms with Crippen LogP contribution in [-0.4, -0.2) is 16.8 Å². The molecule has 0 fully saturated rings. The maximum Gasteiger partial charge on any atom is 0.251 e. The summed E-state index contributed by atoms with van der Waals surface area (Å²) in [5.41, 5.74) is 3.89. The molecule has 0 saturated heterocycles. The number of nitrogens with zero attached hydrogens (tertiary/aromatic N) is 1. The number of hydrogen-bond acceptors (Lipinski definition) is 3. The lowest BCUT2D eigenvalue weighted by Gasteiger charge is -2.13. The monoisotopic (exact) mass is 359 g/mol. The van der Waals surface area contributed by atoms with Gasteiger partial charge < -0.3 is 10.6 Å². The van der Waals surface area contributed by atoms with Crippen molar-refractivity contribution >= 4 is 17.5 Å². The first kappa shape index (κ1) is 18.3. The van der Waals surface area contributed by atoms with Crippen LogP contribution < -0.4 is 10.6 Å². The Kier molecular flexibility index (Phi) is 5.94. The minimum atomic E-state index is -0.203. The highest BCUT2D eigenvalue weighted by Gasteiger charge is 2.12. The maximum atomic E-state index is 12.5. The summed E-state index contributed by atoms with van der Waals surface area (Å²) in [6.45, 7) is 2.19. The molecular formula is C22H21N3O2. The predicted octanol–water partition coefficient (Wildman–Crippen LogP) is 4.03. The molecule has 0 radical (unpaired) electrons. The molecule has 0 bridgehead atoms. The summed E-state index contributed by atoms with van der Waals surface area (Å²) >= 11 is 0. The number of nitrogens with one attached hydrogen (secondary N) is 2. The van der Waals surface area contributed by atoms with Crippen LogP contribution in [0.25, 0.3) is 11.1 Å². The molecule has 136 valence electrons. The number of pyridine rings is 1. The van der Waals surface area contributed by atoms with Crippen LogP contribution in [0.1, 0.15) is 29.3 Å². The van der Waals surface area contributed by atoms with Gasteiger partial charge in [-0.25, -0.2) is 0 Å². The van der Waals surface area contributed by atoms with Gasteiger partial charge in [0.25, 0.3) is 5.91 Å². The van der Waals surface area contributed by atoms with Crippen LogP contribution in [-0.2, 0) is 11.3 Å². The van der Waals surface area contributed by atoms with Gasteiger partial charge in [-0.15, -0.1) is 0 Å². The second-order valence-corrected chi connectivity index (χ2v) is 6.07. The third kappa shape index (κ3) is 4.79. The largest absolute Gasteiger partial charge is 0.348 e. The smallest absolute Gasteiger partial charge is 0.251 e. The number of aromatic nitrogens is 1. The Balaban J connectivity index is 1.84. The number of hydrogen-bond donors (Lipinski definition) is 2. The average molecular weight is 359 g/mol. The molecule has 5 heteroatoms. The number of carbonyl (C=O) groups excluding carboxylic acids is 2. The van der Waals surface area contributed by atoms with Crippen molar-refractivity contribution in [2.24, 2.45) is 0 Å². The predicted molar refractivity (Wildman–Crippen MR) is 106 cm³/mol. The lowest BCUT2D eigenvalue weighted by molar-refractivity contribution is -0.115. The number of anilines is 1. The van der Waals surface area contributed by atoms with Crippen molar-refractivity contribution in [1.29, 1.82) is 0 Å². The molecule has 2 aromatic carbocycles. The summed E-state index contributed by atoms with van der Waals surface area (Å²) < 4.78 is 0. The van der Waals surface area contributed by atoms with Crippen LogP contribution in [0.5, 0.6) is 0 Å². The van der Waals surface area contributed by atoms with Crippen molar-refractivity contribution in [1.82, 2.24) is 10.3 Å². The molecule has 0 spiro atoms. The maximum absolute atomic E-state index is 12.5. The second kappa shape index (κ2) is 8.76. The third-order valence-corrected chi connectivity index (χ3v) is 4.14. The van der Waals surface area contributed by atoms with E-state index < -0.39 is 0 Å². The van der Waals surface area contributed by atoms with E-state index in [2.05, 4.69) is 15.6 Å². The average Bonchev–Trinajstić information content (AvgIpc) is 2.73. The van der Waals surface area contributed by atoms with Gasteiger partial charge in [0.2, 0.25) is 5.91 Å². The Morgan fingerprint density at radius 2 is 1.81 bits per heavy atom. The quantitative estimate of drug-likeness (QED) is 0.698. The summed E-state index contributed by atoms with van der Waals surface area (Å²) in [6.07, 6.45) is 3.77. The molecule has 0 aliphatic heterocycles. The standard InChI is InChI=1S/C22H21N3O2/c1-2-21(26)25-20-13-18(10-11-19(20)17-8-4-3-5-9-17)22(27)24-15-16-7-6-12-23-14-16/h3-14H,2,15H2,1H3,(H,24,27)(H,25,26). The van der Waals surface area contributed by atoms with E-state index in [4.69, 9.17) is 0 Å². The summed E-state index contributed by atoms with van der Waals surface area (Å²) in [6, 6.07) is 18.8. The van der Waals surface area contributed by atoms with E-state index in [1.54, 1.807) is 31.5 Å². The normalized spacial score (nSPS) is 10.3. The van der Waals surface area contributed by atoms with Crippen LogP contribution >= 0.6 is 0 Å². The van der Waals surface area contributed by atoms with E-state index in [0.717, 1.165) is 16.7 Å². The first-order valence-corrected chi connectivity index (χ1v) is 8.84. The Morgan fingerprint density at radius 1 is 1.00 bits per heavy atom. The lowest BCUT2D eigenvalue weighted by Crippen LogP contribution is -2.23. The zero-order valence-electron chi connectivity index (χ0n) is 15.1. The van der Waals surface area contributed by atoms with Crippen molar-refractivity contribution in [3.63, 3.8) is 0 Å². The van der Waals surface area contributed by atoms with Gasteiger partial charge in [0.1, 0.15) is 0 Å². The van der Waals surface area contributed by atoms with Crippen LogP contribution in [0.2, 0.25) is 0 Å². The van der Waals surface area contributed by atoms with E-state index in [0.29, 0.717) is 24.2 Å². The first-order chi connectivity index (χ1) is 13.2. The minimum Gasteiger partial charge on any atom is -0.348 e. The van der Waals surface area contributed by atoms with Gasteiger partial charge in [-0.05, 0) is 29.3 Å². The third-order valence-electron chi connectivity index (χ3n) is 4.14. The highest BCUT2D eigenvalue weighted by Crippen LogP contribution is 2.29. The molecule has 1 heterocycles. The van der Waals surface area contributed by atoms with Gasteiger partial charge in [-0.2, -0.15) is 0 Å². The van der Waals surface area contributed by atoms with Crippen molar-refractivity contribution in [3.8, 4) is 11.1 Å². The van der Waals surface area contributed by atoms with Crippen molar-refractivity contribution < 1.29 is 9.59 Å². The molecule has 0 aliphatic rings. The van der Waals surface area contributed by atoms with E-state index in [-0.39, 0.29) is 11.8 Å². The number of carbonyl (C=O) groups is 2. The fourth-order valence-corrected chi connectivity index (χ4v) is 2.68. The zero-order valence-corrected chi connectivity index (χ0v) is 15.1. The zero-order chi connectivity index (χ0) is 19.1. The highest BCUT2D eigenvalue weighted by molar-refractivity contribution is 6.00. The van der Waals surface area contributed by atoms with Gasteiger partial charge in [-0.3, -0.25) is 14.6 Å². The first-order valence-electron chi connectivity index (χ1n) is 8.84. The van der Waals surface area contributed by atoms with Crippen LogP contribution in [0, 0.1) is 0 Å². The molecule has 0 atom stereocenters. The molecule has 27 heavy (non-hydrogen) atoms. The Labute approximate surface area is 158 Å². The van der Waals surface area contributed by atoms with Gasteiger partial charge in [0, 0.05) is 42.2 Å². The van der Waals surface area contributed by atoms with Gasteiger partial charge >= 0.3 is 0 Å². The molecule has 0 aliphatic carbocycles. The van der Waals surface area contributed by atoms with E-state index >= 15 is 0 Å². The van der Waals surface area contributed by atoms with Crippen molar-refractivity contribution in [3.05, 3.63) is 84.2 Å². The summed E-state index contributed by atoms with van der Waals surface area (Å²) in [5.74, 6) is -0.300. The molecule has 2 N–H and O–H groups in total. The molecule has 3 aromatic rings. The molecule has 5 nitrogen and oxygen atoms in total. The van der Waals surface area contributed by atoms with Crippen molar-refractivity contribution in [2.45, 2.75) is 19.9 Å². The van der Waals surface area contributed by atoms with Crippen molar-refractivity contribution in [2.75, 3.05) is 5.32 Å². The Hall–Kier alpha value is -3.47. The molecular weight excluding hydrogens is 338 g/mol. The van der Waals surface area contributed by atoms with Gasteiger partial charge in [0.05, 0.1) is 0 Å². The summed E-state index contributed by atoms with van der Waals surface area (Å²) in [4.78, 5) is 28.5. The van der Waals surface area contributed by atoms with Crippen LogP contribution in [0.15, 0.2) is 73.1 Å². The summed E-state index contributed by atoms with van der Waals surface area (Å²) in [7, 11) is 0. The fourth-order valence-electron chi connectivity index (χ4n) is 2.68. The number of amides is 2. The summed E-state index contributed by atoms with van der Waals surface area (Å²) in [5, 5.41) is 5.78. The van der Waals surface area contributed by atoms with E-state index in [1.807, 2.05) is 48.5 Å². The molecule has 0 saturated carbocycles. The van der Waals surface area contributed by atoms with E-state index in [9.17, 15) is 9.59 Å². The van der Waals surface area contributed by atoms with Gasteiger partial charge in [-0.1, -0.05) is 49.4 Å². The highest BCUT2D eigenvalue weighted by atomic mass is 16.2. The number of rotatable bonds is 6. The molecule has 2 amide bonds. The second-order valence-electron chi connectivity index (χ2n) is 6.07. The minimum absolute atomic E-state index is 0.0971. The topological polar surface area (TPSA) is 71.1 Å². The molecule has 0 unspecified atom stereocenters. The molecule has 1 aromatic heterocycles. The Morgan fingerprint density at radius 3 is 2.52 bits per heavy atom. The van der Waals surface area contributed by atoms with E-state index in [1.165, 1.54) is 0 Å². The molecule has 3 rings (SSSR count). The fraction of sp³-hybridized carbons (Fsp3) is 0.136. The SMILES string of the molecule is CCC(=O)Nc1cc(C(=O)NCc2cccnc2)ccc1-c1ccccc1.